The molecule has 0 saturated carbocycles. The summed E-state index contributed by atoms with van der Waals surface area (Å²) in [6, 6.07) is 9.34. The Morgan fingerprint density at radius 1 is 1.10 bits per heavy atom. The molecule has 1 aromatic carbocycles. The van der Waals surface area contributed by atoms with Gasteiger partial charge in [-0.05, 0) is 59.5 Å². The largest absolute Gasteiger partial charge is 0.310 e. The first-order chi connectivity index (χ1) is 9.72. The lowest BCUT2D eigenvalue weighted by atomic mass is 9.89. The quantitative estimate of drug-likeness (QED) is 0.490. The van der Waals surface area contributed by atoms with Crippen molar-refractivity contribution in [2.24, 2.45) is 5.92 Å². The van der Waals surface area contributed by atoms with Gasteiger partial charge in [-0.2, -0.15) is 0 Å². The molecule has 0 aliphatic heterocycles. The summed E-state index contributed by atoms with van der Waals surface area (Å²) < 4.78 is 1.39. The van der Waals surface area contributed by atoms with Gasteiger partial charge in [-0.25, -0.2) is 0 Å². The molecule has 0 aliphatic rings. The van der Waals surface area contributed by atoms with Crippen LogP contribution in [0.4, 0.5) is 0 Å². The normalized spacial score (nSPS) is 14.2. The number of hydrogen-bond donors (Lipinski definition) is 1. The summed E-state index contributed by atoms with van der Waals surface area (Å²) in [5, 5.41) is 3.76. The zero-order chi connectivity index (χ0) is 14.8. The standard InChI is InChI=1S/C18H30IN/c1-4-7-10-15(6-3)14-18(20-13-5-2)16-11-8-9-12-17(16)19/h8-9,11-12,15,18,20H,4-7,10,13-14H2,1-3H3. The number of halogens is 1. The minimum absolute atomic E-state index is 0.518. The fourth-order valence-electron chi connectivity index (χ4n) is 2.71. The highest BCUT2D eigenvalue weighted by molar-refractivity contribution is 14.1. The molecular weight excluding hydrogens is 357 g/mol. The van der Waals surface area contributed by atoms with Crippen molar-refractivity contribution in [2.45, 2.75) is 65.3 Å². The van der Waals surface area contributed by atoms with Crippen molar-refractivity contribution in [1.29, 1.82) is 0 Å². The van der Waals surface area contributed by atoms with E-state index >= 15 is 0 Å². The third kappa shape index (κ3) is 6.13. The van der Waals surface area contributed by atoms with Crippen molar-refractivity contribution < 1.29 is 0 Å². The zero-order valence-corrected chi connectivity index (χ0v) is 15.4. The number of benzene rings is 1. The van der Waals surface area contributed by atoms with Gasteiger partial charge in [0.2, 0.25) is 0 Å². The first-order valence-corrected chi connectivity index (χ1v) is 9.28. The Kier molecular flexibility index (Phi) is 9.53. The molecule has 0 fully saturated rings. The SMILES string of the molecule is CCCCC(CC)CC(NCCC)c1ccccc1I. The van der Waals surface area contributed by atoms with Crippen LogP contribution in [0, 0.1) is 9.49 Å². The van der Waals surface area contributed by atoms with Crippen molar-refractivity contribution in [3.05, 3.63) is 33.4 Å². The summed E-state index contributed by atoms with van der Waals surface area (Å²) in [6.07, 6.45) is 7.83. The molecule has 0 bridgehead atoms. The van der Waals surface area contributed by atoms with E-state index in [1.54, 1.807) is 0 Å². The first-order valence-electron chi connectivity index (χ1n) is 8.20. The predicted octanol–water partition coefficient (Wildman–Crippen LogP) is 5.94. The zero-order valence-electron chi connectivity index (χ0n) is 13.3. The predicted molar refractivity (Wildman–Crippen MR) is 98.1 cm³/mol. The molecule has 0 aliphatic carbocycles. The van der Waals surface area contributed by atoms with Crippen LogP contribution < -0.4 is 5.32 Å². The molecule has 2 atom stereocenters. The molecule has 114 valence electrons. The van der Waals surface area contributed by atoms with Crippen molar-refractivity contribution in [3.8, 4) is 0 Å². The average Bonchev–Trinajstić information content (AvgIpc) is 2.47. The maximum Gasteiger partial charge on any atom is 0.0333 e. The van der Waals surface area contributed by atoms with Gasteiger partial charge < -0.3 is 5.32 Å². The Hall–Kier alpha value is -0.0900. The molecule has 1 aromatic rings. The Morgan fingerprint density at radius 2 is 1.85 bits per heavy atom. The van der Waals surface area contributed by atoms with Crippen molar-refractivity contribution in [1.82, 2.24) is 5.32 Å². The second-order valence-electron chi connectivity index (χ2n) is 5.68. The van der Waals surface area contributed by atoms with Gasteiger partial charge in [-0.15, -0.1) is 0 Å². The molecule has 1 N–H and O–H groups in total. The number of unbranched alkanes of at least 4 members (excludes halogenated alkanes) is 1. The molecular formula is C18H30IN. The van der Waals surface area contributed by atoms with Crippen molar-refractivity contribution >= 4 is 22.6 Å². The molecule has 1 nitrogen and oxygen atoms in total. The molecule has 0 spiro atoms. The van der Waals surface area contributed by atoms with Crippen LogP contribution in [-0.2, 0) is 0 Å². The lowest BCUT2D eigenvalue weighted by Gasteiger charge is -2.25. The van der Waals surface area contributed by atoms with E-state index < -0.39 is 0 Å². The molecule has 2 unspecified atom stereocenters. The molecule has 2 heteroatoms. The van der Waals surface area contributed by atoms with Crippen LogP contribution in [-0.4, -0.2) is 6.54 Å². The highest BCUT2D eigenvalue weighted by Gasteiger charge is 2.18. The monoisotopic (exact) mass is 387 g/mol. The van der Waals surface area contributed by atoms with Gasteiger partial charge in [0.1, 0.15) is 0 Å². The Bertz CT molecular complexity index is 364. The second kappa shape index (κ2) is 10.6. The van der Waals surface area contributed by atoms with Gasteiger partial charge in [0.25, 0.3) is 0 Å². The third-order valence-corrected chi connectivity index (χ3v) is 5.02. The van der Waals surface area contributed by atoms with E-state index in [-0.39, 0.29) is 0 Å². The highest BCUT2D eigenvalue weighted by atomic mass is 127. The van der Waals surface area contributed by atoms with Crippen molar-refractivity contribution in [2.75, 3.05) is 6.54 Å². The molecule has 0 heterocycles. The van der Waals surface area contributed by atoms with Crippen LogP contribution in [0.5, 0.6) is 0 Å². The van der Waals surface area contributed by atoms with E-state index in [1.807, 2.05) is 0 Å². The lowest BCUT2D eigenvalue weighted by molar-refractivity contribution is 0.353. The summed E-state index contributed by atoms with van der Waals surface area (Å²) in [4.78, 5) is 0. The van der Waals surface area contributed by atoms with Crippen LogP contribution in [0.1, 0.15) is 70.9 Å². The van der Waals surface area contributed by atoms with Gasteiger partial charge in [0.05, 0.1) is 0 Å². The third-order valence-electron chi connectivity index (χ3n) is 4.03. The van der Waals surface area contributed by atoms with Crippen molar-refractivity contribution in [3.63, 3.8) is 0 Å². The maximum atomic E-state index is 3.76. The summed E-state index contributed by atoms with van der Waals surface area (Å²) in [5.74, 6) is 0.848. The summed E-state index contributed by atoms with van der Waals surface area (Å²) in [7, 11) is 0. The Labute approximate surface area is 139 Å². The molecule has 0 aromatic heterocycles. The first kappa shape index (κ1) is 18.0. The molecule has 0 radical (unpaired) electrons. The van der Waals surface area contributed by atoms with Gasteiger partial charge in [-0.3, -0.25) is 0 Å². The van der Waals surface area contributed by atoms with Crippen LogP contribution in [0.25, 0.3) is 0 Å². The van der Waals surface area contributed by atoms with Crippen LogP contribution >= 0.6 is 22.6 Å². The van der Waals surface area contributed by atoms with E-state index in [0.717, 1.165) is 12.5 Å². The van der Waals surface area contributed by atoms with E-state index in [0.29, 0.717) is 6.04 Å². The lowest BCUT2D eigenvalue weighted by Crippen LogP contribution is -2.25. The van der Waals surface area contributed by atoms with E-state index in [9.17, 15) is 0 Å². The molecule has 1 rings (SSSR count). The second-order valence-corrected chi connectivity index (χ2v) is 6.84. The minimum atomic E-state index is 0.518. The highest BCUT2D eigenvalue weighted by Crippen LogP contribution is 2.29. The topological polar surface area (TPSA) is 12.0 Å². The fraction of sp³-hybridized carbons (Fsp3) is 0.667. The summed E-state index contributed by atoms with van der Waals surface area (Å²) in [6.45, 7) is 7.99. The van der Waals surface area contributed by atoms with Gasteiger partial charge >= 0.3 is 0 Å². The maximum absolute atomic E-state index is 3.76. The van der Waals surface area contributed by atoms with Crippen LogP contribution in [0.2, 0.25) is 0 Å². The van der Waals surface area contributed by atoms with Gasteiger partial charge in [0.15, 0.2) is 0 Å². The molecule has 0 saturated heterocycles. The number of nitrogens with one attached hydrogen (secondary N) is 1. The minimum Gasteiger partial charge on any atom is -0.310 e. The average molecular weight is 387 g/mol. The summed E-state index contributed by atoms with van der Waals surface area (Å²) >= 11 is 2.47. The molecule has 0 amide bonds. The Morgan fingerprint density at radius 3 is 2.45 bits per heavy atom. The fourth-order valence-corrected chi connectivity index (χ4v) is 3.47. The Balaban J connectivity index is 2.75. The number of hydrogen-bond acceptors (Lipinski definition) is 1. The van der Waals surface area contributed by atoms with E-state index in [1.165, 1.54) is 47.7 Å². The smallest absolute Gasteiger partial charge is 0.0333 e. The summed E-state index contributed by atoms with van der Waals surface area (Å²) in [5.41, 5.74) is 1.48. The van der Waals surface area contributed by atoms with E-state index in [2.05, 4.69) is 72.9 Å². The van der Waals surface area contributed by atoms with Gasteiger partial charge in [-0.1, -0.05) is 64.7 Å². The van der Waals surface area contributed by atoms with Crippen LogP contribution in [0.3, 0.4) is 0 Å². The van der Waals surface area contributed by atoms with Crippen LogP contribution in [0.15, 0.2) is 24.3 Å². The van der Waals surface area contributed by atoms with Gasteiger partial charge in [0, 0.05) is 9.61 Å². The number of rotatable bonds is 10. The molecule has 20 heavy (non-hydrogen) atoms. The van der Waals surface area contributed by atoms with E-state index in [4.69, 9.17) is 0 Å².